The first-order valence-electron chi connectivity index (χ1n) is 14.0. The van der Waals surface area contributed by atoms with Crippen LogP contribution in [-0.2, 0) is 5.41 Å². The van der Waals surface area contributed by atoms with E-state index in [1.807, 2.05) is 109 Å². The van der Waals surface area contributed by atoms with Crippen molar-refractivity contribution in [1.29, 1.82) is 0 Å². The summed E-state index contributed by atoms with van der Waals surface area (Å²) in [6.45, 7) is 0. The van der Waals surface area contributed by atoms with E-state index in [0.29, 0.717) is 11.1 Å². The van der Waals surface area contributed by atoms with Gasteiger partial charge in [0.05, 0.1) is 16.8 Å². The highest BCUT2D eigenvalue weighted by atomic mass is 16.3. The van der Waals surface area contributed by atoms with Gasteiger partial charge < -0.3 is 21.7 Å². The fraction of sp³-hybridized carbons (Fsp3) is 0.0256. The van der Waals surface area contributed by atoms with Crippen LogP contribution >= 0.6 is 0 Å². The molecule has 1 aliphatic carbocycles. The summed E-state index contributed by atoms with van der Waals surface area (Å²) in [5.41, 5.74) is 22.2. The first kappa shape index (κ1) is 26.0. The summed E-state index contributed by atoms with van der Waals surface area (Å²) in [4.78, 5) is 0. The summed E-state index contributed by atoms with van der Waals surface area (Å²) in [6, 6.07) is 41.4. The van der Waals surface area contributed by atoms with Crippen LogP contribution in [0.3, 0.4) is 0 Å². The highest BCUT2D eigenvalue weighted by molar-refractivity contribution is 5.90. The maximum atomic E-state index is 11.2. The number of hydrogen-bond donors (Lipinski definition) is 4. The maximum absolute atomic E-state index is 11.2. The first-order chi connectivity index (χ1) is 20.9. The fourth-order valence-electron chi connectivity index (χ4n) is 6.59. The summed E-state index contributed by atoms with van der Waals surface area (Å²) in [7, 11) is 0. The molecule has 4 heteroatoms. The van der Waals surface area contributed by atoms with E-state index in [2.05, 4.69) is 24.1 Å². The SMILES string of the molecule is C#Cc1ccc2c(c1)-c1ccccc1C2(c1cc(N)c(O)c(-c2ccccc2)c1)c1cc(N)c(O)c(-c2ccccc2)c1. The lowest BCUT2D eigenvalue weighted by molar-refractivity contribution is 0.479. The van der Waals surface area contributed by atoms with Crippen molar-refractivity contribution in [2.45, 2.75) is 5.41 Å². The zero-order valence-electron chi connectivity index (χ0n) is 23.3. The van der Waals surface area contributed by atoms with Crippen molar-refractivity contribution in [2.24, 2.45) is 0 Å². The first-order valence-corrected chi connectivity index (χ1v) is 14.0. The Morgan fingerprint density at radius 1 is 0.512 bits per heavy atom. The Bertz CT molecular complexity index is 1980. The summed E-state index contributed by atoms with van der Waals surface area (Å²) in [5, 5.41) is 22.4. The minimum absolute atomic E-state index is 0.0227. The Morgan fingerprint density at radius 2 is 1.00 bits per heavy atom. The van der Waals surface area contributed by atoms with Gasteiger partial charge in [0, 0.05) is 16.7 Å². The number of rotatable bonds is 4. The number of hydrogen-bond acceptors (Lipinski definition) is 4. The molecule has 0 amide bonds. The highest BCUT2D eigenvalue weighted by Gasteiger charge is 2.47. The van der Waals surface area contributed by atoms with Crippen LogP contribution in [0.4, 0.5) is 11.4 Å². The number of phenols is 2. The van der Waals surface area contributed by atoms with E-state index in [1.165, 1.54) is 0 Å². The minimum Gasteiger partial charge on any atom is -0.505 e. The van der Waals surface area contributed by atoms with Crippen molar-refractivity contribution >= 4 is 11.4 Å². The van der Waals surface area contributed by atoms with E-state index < -0.39 is 5.41 Å². The standard InChI is InChI=1S/C39H28N2O2/c1-2-24-17-18-34-32(19-24)29-15-9-10-16-33(29)39(34,27-20-30(37(42)35(40)22-27)25-11-5-3-6-12-25)28-21-31(38(43)36(41)23-28)26-13-7-4-8-14-26/h1,3-23,42-43H,40-41H2. The molecule has 0 fully saturated rings. The Balaban J connectivity index is 1.65. The van der Waals surface area contributed by atoms with Gasteiger partial charge in [-0.2, -0.15) is 0 Å². The van der Waals surface area contributed by atoms with Gasteiger partial charge in [0.1, 0.15) is 11.5 Å². The molecule has 0 saturated heterocycles. The Hall–Kier alpha value is -5.92. The van der Waals surface area contributed by atoms with Gasteiger partial charge in [-0.05, 0) is 80.9 Å². The molecule has 4 nitrogen and oxygen atoms in total. The summed E-state index contributed by atoms with van der Waals surface area (Å²) < 4.78 is 0. The van der Waals surface area contributed by atoms with Crippen LogP contribution in [0.15, 0.2) is 127 Å². The number of anilines is 2. The number of nitrogens with two attached hydrogens (primary N) is 2. The molecule has 0 atom stereocenters. The van der Waals surface area contributed by atoms with Gasteiger partial charge in [-0.25, -0.2) is 0 Å². The second-order valence-electron chi connectivity index (χ2n) is 10.9. The van der Waals surface area contributed by atoms with Crippen molar-refractivity contribution in [3.8, 4) is 57.2 Å². The van der Waals surface area contributed by atoms with Gasteiger partial charge in [0.2, 0.25) is 0 Å². The van der Waals surface area contributed by atoms with Crippen molar-refractivity contribution in [1.82, 2.24) is 0 Å². The van der Waals surface area contributed by atoms with Gasteiger partial charge in [-0.1, -0.05) is 96.9 Å². The Kier molecular flexibility index (Phi) is 5.97. The molecule has 6 N–H and O–H groups in total. The molecule has 0 aromatic heterocycles. The molecule has 6 aromatic rings. The molecule has 0 heterocycles. The van der Waals surface area contributed by atoms with Gasteiger partial charge in [-0.15, -0.1) is 6.42 Å². The molecule has 1 aliphatic rings. The average molecular weight is 557 g/mol. The molecule has 0 aliphatic heterocycles. The third kappa shape index (κ3) is 3.87. The topological polar surface area (TPSA) is 92.5 Å². The average Bonchev–Trinajstić information content (AvgIpc) is 3.34. The molecule has 7 rings (SSSR count). The number of fused-ring (bicyclic) bond motifs is 3. The molecular formula is C39H28N2O2. The third-order valence-electron chi connectivity index (χ3n) is 8.53. The van der Waals surface area contributed by atoms with E-state index >= 15 is 0 Å². The van der Waals surface area contributed by atoms with Crippen molar-refractivity contribution in [3.05, 3.63) is 155 Å². The normalized spacial score (nSPS) is 12.7. The number of benzene rings is 6. The van der Waals surface area contributed by atoms with Crippen LogP contribution in [0.25, 0.3) is 33.4 Å². The maximum Gasteiger partial charge on any atom is 0.146 e. The Morgan fingerprint density at radius 3 is 1.53 bits per heavy atom. The van der Waals surface area contributed by atoms with Crippen LogP contribution < -0.4 is 11.5 Å². The molecule has 43 heavy (non-hydrogen) atoms. The molecule has 6 aromatic carbocycles. The van der Waals surface area contributed by atoms with Crippen LogP contribution in [0.2, 0.25) is 0 Å². The monoisotopic (exact) mass is 556 g/mol. The highest BCUT2D eigenvalue weighted by Crippen LogP contribution is 2.58. The zero-order chi connectivity index (χ0) is 29.7. The van der Waals surface area contributed by atoms with E-state index in [9.17, 15) is 10.2 Å². The van der Waals surface area contributed by atoms with Crippen molar-refractivity contribution < 1.29 is 10.2 Å². The van der Waals surface area contributed by atoms with Gasteiger partial charge >= 0.3 is 0 Å². The molecular weight excluding hydrogens is 528 g/mol. The summed E-state index contributed by atoms with van der Waals surface area (Å²) in [6.07, 6.45) is 5.86. The predicted molar refractivity (Wildman–Crippen MR) is 175 cm³/mol. The molecule has 0 spiro atoms. The largest absolute Gasteiger partial charge is 0.505 e. The molecule has 206 valence electrons. The van der Waals surface area contributed by atoms with Crippen molar-refractivity contribution in [3.63, 3.8) is 0 Å². The molecule has 0 bridgehead atoms. The van der Waals surface area contributed by atoms with Gasteiger partial charge in [-0.3, -0.25) is 0 Å². The fourth-order valence-corrected chi connectivity index (χ4v) is 6.59. The summed E-state index contributed by atoms with van der Waals surface area (Å²) >= 11 is 0. The molecule has 0 unspecified atom stereocenters. The Labute approximate surface area is 250 Å². The van der Waals surface area contributed by atoms with E-state index in [4.69, 9.17) is 17.9 Å². The van der Waals surface area contributed by atoms with Crippen LogP contribution in [0.1, 0.15) is 27.8 Å². The lowest BCUT2D eigenvalue weighted by Crippen LogP contribution is -2.29. The lowest BCUT2D eigenvalue weighted by atomic mass is 9.66. The van der Waals surface area contributed by atoms with E-state index in [1.54, 1.807) is 0 Å². The third-order valence-corrected chi connectivity index (χ3v) is 8.53. The minimum atomic E-state index is -0.907. The lowest BCUT2D eigenvalue weighted by Gasteiger charge is -2.35. The van der Waals surface area contributed by atoms with Crippen LogP contribution in [0.5, 0.6) is 11.5 Å². The zero-order valence-corrected chi connectivity index (χ0v) is 23.3. The second-order valence-corrected chi connectivity index (χ2v) is 10.9. The van der Waals surface area contributed by atoms with Crippen molar-refractivity contribution in [2.75, 3.05) is 11.5 Å². The smallest absolute Gasteiger partial charge is 0.146 e. The number of aromatic hydroxyl groups is 2. The molecule has 0 radical (unpaired) electrons. The van der Waals surface area contributed by atoms with E-state index in [0.717, 1.165) is 50.1 Å². The predicted octanol–water partition coefficient (Wildman–Crippen LogP) is 7.94. The summed E-state index contributed by atoms with van der Waals surface area (Å²) in [5.74, 6) is 2.83. The van der Waals surface area contributed by atoms with Crippen LogP contribution in [-0.4, -0.2) is 10.2 Å². The second kappa shape index (κ2) is 9.87. The number of terminal acetylenes is 1. The number of nitrogen functional groups attached to an aromatic ring is 2. The van der Waals surface area contributed by atoms with E-state index in [-0.39, 0.29) is 22.9 Å². The van der Waals surface area contributed by atoms with Gasteiger partial charge in [0.15, 0.2) is 0 Å². The number of phenolic OH excluding ortho intramolecular Hbond substituents is 2. The van der Waals surface area contributed by atoms with Gasteiger partial charge in [0.25, 0.3) is 0 Å². The quantitative estimate of drug-likeness (QED) is 0.101. The molecule has 0 saturated carbocycles. The van der Waals surface area contributed by atoms with Crippen LogP contribution in [0, 0.1) is 12.3 Å².